The third-order valence-electron chi connectivity index (χ3n) is 6.90. The van der Waals surface area contributed by atoms with Gasteiger partial charge in [0.15, 0.2) is 11.5 Å². The SMILES string of the molecule is CCc1ccc(-c2nc3c(N4CCN(C(C)=O)CC4)nccn3c2-c2ccc3[nH]ncc3c2)cc1. The van der Waals surface area contributed by atoms with E-state index in [4.69, 9.17) is 9.97 Å². The van der Waals surface area contributed by atoms with Gasteiger partial charge in [-0.2, -0.15) is 5.10 Å². The van der Waals surface area contributed by atoms with Crippen LogP contribution in [0.2, 0.25) is 0 Å². The van der Waals surface area contributed by atoms with Crippen LogP contribution in [0, 0.1) is 0 Å². The number of H-pyrrole nitrogens is 1. The van der Waals surface area contributed by atoms with E-state index in [1.807, 2.05) is 23.5 Å². The lowest BCUT2D eigenvalue weighted by Gasteiger charge is -2.34. The Morgan fingerprint density at radius 1 is 1.03 bits per heavy atom. The summed E-state index contributed by atoms with van der Waals surface area (Å²) in [6.07, 6.45) is 6.66. The third-order valence-corrected chi connectivity index (χ3v) is 6.90. The minimum Gasteiger partial charge on any atom is -0.350 e. The quantitative estimate of drug-likeness (QED) is 0.431. The summed E-state index contributed by atoms with van der Waals surface area (Å²) in [7, 11) is 0. The molecule has 0 bridgehead atoms. The van der Waals surface area contributed by atoms with Gasteiger partial charge in [0.1, 0.15) is 0 Å². The monoisotopic (exact) mass is 465 g/mol. The second-order valence-corrected chi connectivity index (χ2v) is 8.97. The Morgan fingerprint density at radius 3 is 2.54 bits per heavy atom. The van der Waals surface area contributed by atoms with Crippen molar-refractivity contribution in [3.8, 4) is 22.5 Å². The lowest BCUT2D eigenvalue weighted by Crippen LogP contribution is -2.48. The van der Waals surface area contributed by atoms with Crippen molar-refractivity contribution in [2.24, 2.45) is 0 Å². The van der Waals surface area contributed by atoms with Crippen molar-refractivity contribution in [3.63, 3.8) is 0 Å². The van der Waals surface area contributed by atoms with Crippen LogP contribution in [0.25, 0.3) is 39.1 Å². The van der Waals surface area contributed by atoms with E-state index in [9.17, 15) is 4.79 Å². The summed E-state index contributed by atoms with van der Waals surface area (Å²) >= 11 is 0. The van der Waals surface area contributed by atoms with E-state index in [1.54, 1.807) is 6.92 Å². The highest BCUT2D eigenvalue weighted by molar-refractivity contribution is 5.90. The molecule has 0 atom stereocenters. The van der Waals surface area contributed by atoms with Gasteiger partial charge in [-0.1, -0.05) is 37.3 Å². The molecule has 2 aromatic carbocycles. The van der Waals surface area contributed by atoms with Gasteiger partial charge in [0, 0.05) is 62.0 Å². The summed E-state index contributed by atoms with van der Waals surface area (Å²) in [5.41, 5.74) is 7.21. The van der Waals surface area contributed by atoms with Crippen molar-refractivity contribution in [1.82, 2.24) is 29.5 Å². The van der Waals surface area contributed by atoms with Gasteiger partial charge in [-0.3, -0.25) is 14.3 Å². The molecule has 8 nitrogen and oxygen atoms in total. The molecule has 0 spiro atoms. The number of amides is 1. The van der Waals surface area contributed by atoms with Crippen LogP contribution >= 0.6 is 0 Å². The van der Waals surface area contributed by atoms with Crippen molar-refractivity contribution in [2.75, 3.05) is 31.1 Å². The fraction of sp³-hybridized carbons (Fsp3) is 0.259. The zero-order valence-electron chi connectivity index (χ0n) is 19.9. The van der Waals surface area contributed by atoms with Crippen LogP contribution in [0.1, 0.15) is 19.4 Å². The number of aromatic amines is 1. The first kappa shape index (κ1) is 21.3. The molecule has 1 saturated heterocycles. The lowest BCUT2D eigenvalue weighted by atomic mass is 10.0. The number of rotatable bonds is 4. The number of imidazole rings is 1. The molecule has 8 heteroatoms. The zero-order valence-corrected chi connectivity index (χ0v) is 19.9. The van der Waals surface area contributed by atoms with E-state index in [0.29, 0.717) is 13.1 Å². The molecule has 1 N–H and O–H groups in total. The first-order chi connectivity index (χ1) is 17.1. The normalized spacial score (nSPS) is 14.2. The smallest absolute Gasteiger partial charge is 0.219 e. The Labute approximate surface area is 203 Å². The topological polar surface area (TPSA) is 82.4 Å². The number of aromatic nitrogens is 5. The van der Waals surface area contributed by atoms with Gasteiger partial charge in [-0.15, -0.1) is 0 Å². The molecule has 6 rings (SSSR count). The first-order valence-corrected chi connectivity index (χ1v) is 12.0. The maximum absolute atomic E-state index is 11.8. The first-order valence-electron chi connectivity index (χ1n) is 12.0. The highest BCUT2D eigenvalue weighted by Crippen LogP contribution is 2.36. The van der Waals surface area contributed by atoms with Crippen LogP contribution in [0.4, 0.5) is 5.82 Å². The van der Waals surface area contributed by atoms with E-state index >= 15 is 0 Å². The Balaban J connectivity index is 1.52. The van der Waals surface area contributed by atoms with E-state index in [2.05, 4.69) is 68.9 Å². The zero-order chi connectivity index (χ0) is 23.9. The third kappa shape index (κ3) is 3.71. The van der Waals surface area contributed by atoms with Gasteiger partial charge in [0.2, 0.25) is 5.91 Å². The average molecular weight is 466 g/mol. The van der Waals surface area contributed by atoms with Gasteiger partial charge in [-0.05, 0) is 24.1 Å². The number of hydrogen-bond acceptors (Lipinski definition) is 5. The number of nitrogens with one attached hydrogen (secondary N) is 1. The van der Waals surface area contributed by atoms with E-state index < -0.39 is 0 Å². The second kappa shape index (κ2) is 8.54. The Kier molecular flexibility index (Phi) is 5.21. The Hall–Kier alpha value is -4.20. The van der Waals surface area contributed by atoms with Crippen LogP contribution in [0.5, 0.6) is 0 Å². The summed E-state index contributed by atoms with van der Waals surface area (Å²) < 4.78 is 2.14. The van der Waals surface area contributed by atoms with Gasteiger partial charge in [-0.25, -0.2) is 9.97 Å². The predicted octanol–water partition coefficient (Wildman–Crippen LogP) is 4.17. The molecule has 1 fully saturated rings. The molecular weight excluding hydrogens is 438 g/mol. The molecule has 0 saturated carbocycles. The van der Waals surface area contributed by atoms with Crippen molar-refractivity contribution in [1.29, 1.82) is 0 Å². The van der Waals surface area contributed by atoms with E-state index in [0.717, 1.165) is 64.4 Å². The van der Waals surface area contributed by atoms with Crippen molar-refractivity contribution in [3.05, 3.63) is 66.6 Å². The largest absolute Gasteiger partial charge is 0.350 e. The number of anilines is 1. The van der Waals surface area contributed by atoms with Crippen molar-refractivity contribution in [2.45, 2.75) is 20.3 Å². The minimum atomic E-state index is 0.117. The molecule has 3 aromatic heterocycles. The number of piperazine rings is 1. The highest BCUT2D eigenvalue weighted by atomic mass is 16.2. The number of benzene rings is 2. The van der Waals surface area contributed by atoms with E-state index in [-0.39, 0.29) is 5.91 Å². The summed E-state index contributed by atoms with van der Waals surface area (Å²) in [4.78, 5) is 25.8. The maximum Gasteiger partial charge on any atom is 0.219 e. The van der Waals surface area contributed by atoms with Gasteiger partial charge in [0.25, 0.3) is 0 Å². The standard InChI is InChI=1S/C27H27N7O/c1-3-19-4-6-20(7-5-19)24-25(21-8-9-23-22(16-21)17-29-31-23)34-11-10-28-26(27(34)30-24)33-14-12-32(13-15-33)18(2)35/h4-11,16-17H,3,12-15H2,1-2H3,(H,29,31). The fourth-order valence-electron chi connectivity index (χ4n) is 4.89. The van der Waals surface area contributed by atoms with Gasteiger partial charge < -0.3 is 9.80 Å². The van der Waals surface area contributed by atoms with E-state index in [1.165, 1.54) is 5.56 Å². The molecular formula is C27H27N7O. The average Bonchev–Trinajstić information content (AvgIpc) is 3.53. The van der Waals surface area contributed by atoms with Crippen LogP contribution in [0.3, 0.4) is 0 Å². The van der Waals surface area contributed by atoms with Crippen LogP contribution in [0.15, 0.2) is 61.1 Å². The maximum atomic E-state index is 11.8. The molecule has 0 aliphatic carbocycles. The Morgan fingerprint density at radius 2 is 1.80 bits per heavy atom. The highest BCUT2D eigenvalue weighted by Gasteiger charge is 2.25. The number of nitrogens with zero attached hydrogens (tertiary/aromatic N) is 6. The molecule has 176 valence electrons. The van der Waals surface area contributed by atoms with Crippen LogP contribution in [-0.4, -0.2) is 61.6 Å². The molecule has 4 heterocycles. The fourth-order valence-corrected chi connectivity index (χ4v) is 4.89. The predicted molar refractivity (Wildman–Crippen MR) is 137 cm³/mol. The molecule has 5 aromatic rings. The Bertz CT molecular complexity index is 1520. The number of aryl methyl sites for hydroxylation is 1. The molecule has 1 aliphatic rings. The molecule has 1 aliphatic heterocycles. The summed E-state index contributed by atoms with van der Waals surface area (Å²) in [5, 5.41) is 8.28. The van der Waals surface area contributed by atoms with Crippen molar-refractivity contribution >= 4 is 28.3 Å². The molecule has 1 amide bonds. The van der Waals surface area contributed by atoms with Gasteiger partial charge >= 0.3 is 0 Å². The number of carbonyl (C=O) groups is 1. The minimum absolute atomic E-state index is 0.117. The summed E-state index contributed by atoms with van der Waals surface area (Å²) in [6, 6.07) is 15.0. The van der Waals surface area contributed by atoms with Gasteiger partial charge in [0.05, 0.1) is 23.1 Å². The lowest BCUT2D eigenvalue weighted by molar-refractivity contribution is -0.129. The molecule has 35 heavy (non-hydrogen) atoms. The molecule has 0 radical (unpaired) electrons. The van der Waals surface area contributed by atoms with Crippen LogP contribution < -0.4 is 4.90 Å². The summed E-state index contributed by atoms with van der Waals surface area (Å²) in [6.45, 7) is 6.63. The van der Waals surface area contributed by atoms with Crippen molar-refractivity contribution < 1.29 is 4.79 Å². The molecule has 0 unspecified atom stereocenters. The van der Waals surface area contributed by atoms with Crippen LogP contribution in [-0.2, 0) is 11.2 Å². The number of hydrogen-bond donors (Lipinski definition) is 1. The second-order valence-electron chi connectivity index (χ2n) is 8.97. The number of fused-ring (bicyclic) bond motifs is 2. The number of carbonyl (C=O) groups excluding carboxylic acids is 1. The summed E-state index contributed by atoms with van der Waals surface area (Å²) in [5.74, 6) is 0.962.